The van der Waals surface area contributed by atoms with E-state index in [0.29, 0.717) is 6.42 Å². The van der Waals surface area contributed by atoms with Crippen molar-refractivity contribution in [2.24, 2.45) is 27.3 Å². The van der Waals surface area contributed by atoms with E-state index in [-0.39, 0.29) is 33.9 Å². The first-order valence-corrected chi connectivity index (χ1v) is 12.3. The molecule has 3 rings (SSSR count). The van der Waals surface area contributed by atoms with Gasteiger partial charge < -0.3 is 9.64 Å². The Kier molecular flexibility index (Phi) is 7.96. The van der Waals surface area contributed by atoms with Gasteiger partial charge in [0.05, 0.1) is 24.5 Å². The fraction of sp³-hybridized carbons (Fsp3) is 0.667. The molecular formula is C27H39F2N3O2. The maximum absolute atomic E-state index is 14.4. The summed E-state index contributed by atoms with van der Waals surface area (Å²) in [5.74, 6) is -1.14. The zero-order valence-corrected chi connectivity index (χ0v) is 21.2. The molecule has 0 aromatic heterocycles. The van der Waals surface area contributed by atoms with Gasteiger partial charge in [0.2, 0.25) is 5.91 Å². The van der Waals surface area contributed by atoms with Gasteiger partial charge in [0.15, 0.2) is 0 Å². The van der Waals surface area contributed by atoms with Crippen molar-refractivity contribution < 1.29 is 18.3 Å². The summed E-state index contributed by atoms with van der Waals surface area (Å²) in [7, 11) is 0. The van der Waals surface area contributed by atoms with E-state index >= 15 is 0 Å². The number of halogens is 2. The van der Waals surface area contributed by atoms with Crippen LogP contribution in [0.2, 0.25) is 0 Å². The fourth-order valence-electron chi connectivity index (χ4n) is 5.76. The average Bonchev–Trinajstić information content (AvgIpc) is 3.22. The van der Waals surface area contributed by atoms with Crippen LogP contribution in [0, 0.1) is 39.3 Å². The Morgan fingerprint density at radius 1 is 1.26 bits per heavy atom. The number of carbonyl (C=O) groups excluding carboxylic acids is 1. The Morgan fingerprint density at radius 2 is 1.91 bits per heavy atom. The van der Waals surface area contributed by atoms with Crippen molar-refractivity contribution in [3.8, 4) is 0 Å². The van der Waals surface area contributed by atoms with Gasteiger partial charge >= 0.3 is 0 Å². The summed E-state index contributed by atoms with van der Waals surface area (Å²) in [6, 6.07) is 3.67. The smallest absolute Gasteiger partial charge is 0.222 e. The van der Waals surface area contributed by atoms with E-state index in [0.717, 1.165) is 52.0 Å². The van der Waals surface area contributed by atoms with Gasteiger partial charge in [0.25, 0.3) is 0 Å². The molecule has 1 spiro atoms. The van der Waals surface area contributed by atoms with E-state index in [9.17, 15) is 13.6 Å². The van der Waals surface area contributed by atoms with Crippen LogP contribution in [0.25, 0.3) is 5.70 Å². The Morgan fingerprint density at radius 3 is 2.41 bits per heavy atom. The van der Waals surface area contributed by atoms with Crippen LogP contribution in [0.4, 0.5) is 8.78 Å². The molecule has 1 atom stereocenters. The third-order valence-electron chi connectivity index (χ3n) is 8.09. The summed E-state index contributed by atoms with van der Waals surface area (Å²) in [5.41, 5.74) is 6.96. The first-order chi connectivity index (χ1) is 15.9. The Bertz CT molecular complexity index is 918. The number of likely N-dealkylation sites (tertiary alicyclic amines) is 1. The van der Waals surface area contributed by atoms with Crippen LogP contribution in [0.3, 0.4) is 0 Å². The molecule has 0 bridgehead atoms. The van der Waals surface area contributed by atoms with Crippen LogP contribution in [-0.4, -0.2) is 37.1 Å². The average molecular weight is 476 g/mol. The quantitative estimate of drug-likeness (QED) is 0.377. The second kappa shape index (κ2) is 10.2. The molecule has 34 heavy (non-hydrogen) atoms. The van der Waals surface area contributed by atoms with Crippen molar-refractivity contribution in [3.05, 3.63) is 41.5 Å². The molecule has 2 fully saturated rings. The van der Waals surface area contributed by atoms with Crippen LogP contribution < -0.4 is 0 Å². The van der Waals surface area contributed by atoms with Crippen molar-refractivity contribution in [1.29, 1.82) is 5.53 Å². The lowest BCUT2D eigenvalue weighted by atomic mass is 9.61. The molecule has 0 saturated carbocycles. The summed E-state index contributed by atoms with van der Waals surface area (Å²) < 4.78 is 34.2. The van der Waals surface area contributed by atoms with Crippen molar-refractivity contribution in [2.75, 3.05) is 26.3 Å². The summed E-state index contributed by atoms with van der Waals surface area (Å²) in [6.07, 6.45) is 5.69. The standard InChI is InChI=1S/C27H39F2N3O2/c1-6-25(2,3)22(11-8-12-23(33)32-14-13-27(16-32)17-34-18-27)26(4,5)15-21(31-30)24-19(28)9-7-10-20(24)29/h7,9-10,15,22,30H,6,8,11-14,16-18H2,1-5H3/b21-15-,31-30?/t22-/m0/s1. The molecule has 2 aliphatic rings. The van der Waals surface area contributed by atoms with Crippen LogP contribution in [0.15, 0.2) is 29.4 Å². The van der Waals surface area contributed by atoms with E-state index in [1.807, 2.05) is 18.7 Å². The molecule has 2 aliphatic heterocycles. The first-order valence-electron chi connectivity index (χ1n) is 12.3. The minimum absolute atomic E-state index is 0.00124. The van der Waals surface area contributed by atoms with Gasteiger partial charge in [-0.3, -0.25) is 4.79 Å². The summed E-state index contributed by atoms with van der Waals surface area (Å²) in [6.45, 7) is 13.7. The topological polar surface area (TPSA) is 65.8 Å². The Hall–Kier alpha value is -2.15. The molecule has 0 radical (unpaired) electrons. The molecule has 1 aromatic rings. The second-order valence-corrected chi connectivity index (χ2v) is 11.4. The zero-order chi connectivity index (χ0) is 25.1. The van der Waals surface area contributed by atoms with Crippen molar-refractivity contribution in [3.63, 3.8) is 0 Å². The number of amides is 1. The van der Waals surface area contributed by atoms with Gasteiger partial charge in [-0.15, -0.1) is 0 Å². The van der Waals surface area contributed by atoms with Gasteiger partial charge in [-0.1, -0.05) is 53.2 Å². The third kappa shape index (κ3) is 5.56. The third-order valence-corrected chi connectivity index (χ3v) is 8.09. The maximum Gasteiger partial charge on any atom is 0.222 e. The highest BCUT2D eigenvalue weighted by molar-refractivity contribution is 5.76. The number of ether oxygens (including phenoxy) is 1. The zero-order valence-electron chi connectivity index (χ0n) is 21.2. The first kappa shape index (κ1) is 26.5. The second-order valence-electron chi connectivity index (χ2n) is 11.4. The summed E-state index contributed by atoms with van der Waals surface area (Å²) >= 11 is 0. The van der Waals surface area contributed by atoms with E-state index in [1.54, 1.807) is 6.08 Å². The van der Waals surface area contributed by atoms with E-state index in [4.69, 9.17) is 10.3 Å². The number of benzene rings is 1. The van der Waals surface area contributed by atoms with Gasteiger partial charge in [0, 0.05) is 24.9 Å². The Balaban J connectivity index is 1.74. The molecule has 5 nitrogen and oxygen atoms in total. The molecule has 2 heterocycles. The summed E-state index contributed by atoms with van der Waals surface area (Å²) in [5, 5.41) is 3.50. The minimum atomic E-state index is -0.727. The highest BCUT2D eigenvalue weighted by Crippen LogP contribution is 2.48. The molecule has 7 heteroatoms. The number of rotatable bonds is 10. The van der Waals surface area contributed by atoms with E-state index in [2.05, 4.69) is 25.9 Å². The molecule has 2 saturated heterocycles. The number of allylic oxidation sites excluding steroid dienone is 1. The van der Waals surface area contributed by atoms with Gasteiger partial charge in [0.1, 0.15) is 11.6 Å². The van der Waals surface area contributed by atoms with Crippen molar-refractivity contribution in [2.45, 2.75) is 66.7 Å². The molecule has 0 unspecified atom stereocenters. The molecule has 1 N–H and O–H groups in total. The molecule has 0 aliphatic carbocycles. The van der Waals surface area contributed by atoms with Crippen LogP contribution >= 0.6 is 0 Å². The van der Waals surface area contributed by atoms with Crippen molar-refractivity contribution in [1.82, 2.24) is 4.90 Å². The number of nitrogens with one attached hydrogen (secondary N) is 1. The lowest BCUT2D eigenvalue weighted by Crippen LogP contribution is -2.45. The predicted octanol–water partition coefficient (Wildman–Crippen LogP) is 6.83. The van der Waals surface area contributed by atoms with Gasteiger partial charge in [-0.2, -0.15) is 5.11 Å². The molecule has 1 amide bonds. The number of carbonyl (C=O) groups is 1. The minimum Gasteiger partial charge on any atom is -0.380 e. The van der Waals surface area contributed by atoms with E-state index in [1.165, 1.54) is 18.2 Å². The van der Waals surface area contributed by atoms with Gasteiger partial charge in [-0.25, -0.2) is 14.3 Å². The monoisotopic (exact) mass is 475 g/mol. The number of hydrogen-bond donors (Lipinski definition) is 1. The normalized spacial score (nSPS) is 19.3. The van der Waals surface area contributed by atoms with E-state index < -0.39 is 17.0 Å². The largest absolute Gasteiger partial charge is 0.380 e. The van der Waals surface area contributed by atoms with Crippen LogP contribution in [-0.2, 0) is 9.53 Å². The summed E-state index contributed by atoms with van der Waals surface area (Å²) in [4.78, 5) is 14.8. The predicted molar refractivity (Wildman–Crippen MR) is 129 cm³/mol. The fourth-order valence-corrected chi connectivity index (χ4v) is 5.76. The molecular weight excluding hydrogens is 436 g/mol. The van der Waals surface area contributed by atoms with Gasteiger partial charge in [-0.05, 0) is 48.1 Å². The number of nitrogens with zero attached hydrogens (tertiary/aromatic N) is 2. The van der Waals surface area contributed by atoms with Crippen LogP contribution in [0.1, 0.15) is 72.3 Å². The number of hydrogen-bond acceptors (Lipinski definition) is 4. The Labute approximate surface area is 202 Å². The lowest BCUT2D eigenvalue weighted by Gasteiger charge is -2.43. The van der Waals surface area contributed by atoms with Crippen molar-refractivity contribution >= 4 is 11.6 Å². The lowest BCUT2D eigenvalue weighted by molar-refractivity contribution is -0.135. The highest BCUT2D eigenvalue weighted by Gasteiger charge is 2.45. The van der Waals surface area contributed by atoms with Crippen LogP contribution in [0.5, 0.6) is 0 Å². The molecule has 1 aromatic carbocycles. The molecule has 188 valence electrons. The SMILES string of the molecule is CCC(C)(C)[C@H](CCCC(=O)N1CCC2(COC2)C1)C(C)(C)/C=C(\N=N)c1c(F)cccc1F. The highest BCUT2D eigenvalue weighted by atomic mass is 19.1. The maximum atomic E-state index is 14.4.